The molecule has 0 aliphatic carbocycles. The fourth-order valence-electron chi connectivity index (χ4n) is 3.16. The molecular formula is C21H22N4O4S4. The first-order valence-electron chi connectivity index (χ1n) is 10.0. The summed E-state index contributed by atoms with van der Waals surface area (Å²) in [6.07, 6.45) is 1.85. The Morgan fingerprint density at radius 2 is 1.91 bits per heavy atom. The van der Waals surface area contributed by atoms with E-state index in [0.717, 1.165) is 10.5 Å². The zero-order chi connectivity index (χ0) is 23.3. The van der Waals surface area contributed by atoms with Gasteiger partial charge in [-0.2, -0.15) is 0 Å². The third-order valence-corrected chi connectivity index (χ3v) is 9.15. The van der Waals surface area contributed by atoms with Crippen molar-refractivity contribution in [2.24, 2.45) is 0 Å². The van der Waals surface area contributed by atoms with Crippen LogP contribution in [0.2, 0.25) is 0 Å². The Bertz CT molecular complexity index is 1210. The fourth-order valence-corrected chi connectivity index (χ4v) is 6.69. The highest BCUT2D eigenvalue weighted by atomic mass is 32.2. The Morgan fingerprint density at radius 1 is 1.15 bits per heavy atom. The minimum absolute atomic E-state index is 0.00518. The van der Waals surface area contributed by atoms with E-state index in [1.165, 1.54) is 47.0 Å². The van der Waals surface area contributed by atoms with Gasteiger partial charge < -0.3 is 9.64 Å². The molecule has 174 valence electrons. The van der Waals surface area contributed by atoms with Gasteiger partial charge in [0.1, 0.15) is 0 Å². The molecule has 0 bridgehead atoms. The van der Waals surface area contributed by atoms with Crippen molar-refractivity contribution in [2.45, 2.75) is 19.9 Å². The lowest BCUT2D eigenvalue weighted by molar-refractivity contribution is 0.0300. The number of carbonyl (C=O) groups excluding carboxylic acids is 1. The number of thioether (sulfide) groups is 2. The third kappa shape index (κ3) is 6.07. The van der Waals surface area contributed by atoms with Gasteiger partial charge in [0, 0.05) is 23.7 Å². The number of rotatable bonds is 8. The molecule has 1 N–H and O–H groups in total. The fraction of sp³-hybridized carbons (Fsp3) is 0.286. The van der Waals surface area contributed by atoms with Gasteiger partial charge in [0.05, 0.1) is 23.7 Å². The zero-order valence-electron chi connectivity index (χ0n) is 17.8. The number of hydrogen-bond donors (Lipinski definition) is 1. The minimum Gasteiger partial charge on any atom is -0.378 e. The van der Waals surface area contributed by atoms with Gasteiger partial charge in [-0.25, -0.2) is 8.42 Å². The SMILES string of the molecule is CSc1ccc(S(=O)(=O)Nc2nnc(SCc3ccccc3)s2)cc1C(=O)N1CCOCC1. The van der Waals surface area contributed by atoms with Crippen LogP contribution < -0.4 is 4.72 Å². The summed E-state index contributed by atoms with van der Waals surface area (Å²) < 4.78 is 34.5. The second-order valence-electron chi connectivity index (χ2n) is 7.02. The number of aromatic nitrogens is 2. The molecule has 0 atom stereocenters. The Balaban J connectivity index is 1.49. The van der Waals surface area contributed by atoms with Crippen LogP contribution >= 0.6 is 34.9 Å². The molecule has 12 heteroatoms. The van der Waals surface area contributed by atoms with E-state index in [2.05, 4.69) is 14.9 Å². The van der Waals surface area contributed by atoms with Crippen LogP contribution in [0.3, 0.4) is 0 Å². The molecular weight excluding hydrogens is 501 g/mol. The van der Waals surface area contributed by atoms with E-state index in [4.69, 9.17) is 4.74 Å². The molecule has 3 aromatic rings. The summed E-state index contributed by atoms with van der Waals surface area (Å²) in [5.74, 6) is 0.515. The summed E-state index contributed by atoms with van der Waals surface area (Å²) in [6, 6.07) is 14.5. The van der Waals surface area contributed by atoms with Gasteiger partial charge in [-0.1, -0.05) is 53.4 Å². The maximum absolute atomic E-state index is 13.0. The maximum Gasteiger partial charge on any atom is 0.263 e. The number of nitrogens with one attached hydrogen (secondary N) is 1. The lowest BCUT2D eigenvalue weighted by Gasteiger charge is -2.27. The normalized spacial score (nSPS) is 14.3. The van der Waals surface area contributed by atoms with E-state index >= 15 is 0 Å². The maximum atomic E-state index is 13.0. The van der Waals surface area contributed by atoms with Crippen LogP contribution in [0.15, 0.2) is 62.7 Å². The Morgan fingerprint density at radius 3 is 2.64 bits per heavy atom. The summed E-state index contributed by atoms with van der Waals surface area (Å²) >= 11 is 4.06. The average Bonchev–Trinajstić information content (AvgIpc) is 3.29. The van der Waals surface area contributed by atoms with Crippen molar-refractivity contribution in [1.29, 1.82) is 0 Å². The van der Waals surface area contributed by atoms with E-state index in [1.807, 2.05) is 36.6 Å². The summed E-state index contributed by atoms with van der Waals surface area (Å²) in [5.41, 5.74) is 1.51. The van der Waals surface area contributed by atoms with Gasteiger partial charge in [-0.05, 0) is 30.0 Å². The van der Waals surface area contributed by atoms with Crippen LogP contribution in [0.1, 0.15) is 15.9 Å². The molecule has 0 radical (unpaired) electrons. The van der Waals surface area contributed by atoms with Gasteiger partial charge >= 0.3 is 0 Å². The largest absolute Gasteiger partial charge is 0.378 e. The van der Waals surface area contributed by atoms with E-state index in [9.17, 15) is 13.2 Å². The van der Waals surface area contributed by atoms with E-state index in [0.29, 0.717) is 42.0 Å². The van der Waals surface area contributed by atoms with Crippen molar-refractivity contribution in [2.75, 3.05) is 37.3 Å². The van der Waals surface area contributed by atoms with Gasteiger partial charge in [0.15, 0.2) is 4.34 Å². The summed E-state index contributed by atoms with van der Waals surface area (Å²) in [6.45, 7) is 1.91. The van der Waals surface area contributed by atoms with E-state index < -0.39 is 10.0 Å². The molecule has 8 nitrogen and oxygen atoms in total. The number of amides is 1. The van der Waals surface area contributed by atoms with Crippen molar-refractivity contribution < 1.29 is 17.9 Å². The quantitative estimate of drug-likeness (QED) is 0.446. The molecule has 0 spiro atoms. The van der Waals surface area contributed by atoms with Crippen LogP contribution in [0, 0.1) is 0 Å². The predicted molar refractivity (Wildman–Crippen MR) is 132 cm³/mol. The highest BCUT2D eigenvalue weighted by Crippen LogP contribution is 2.30. The topological polar surface area (TPSA) is 101 Å². The number of hydrogen-bond acceptors (Lipinski definition) is 9. The number of nitrogens with zero attached hydrogens (tertiary/aromatic N) is 3. The van der Waals surface area contributed by atoms with Gasteiger partial charge in [-0.15, -0.1) is 22.0 Å². The first kappa shape index (κ1) is 24.0. The van der Waals surface area contributed by atoms with Crippen LogP contribution in [0.4, 0.5) is 5.13 Å². The van der Waals surface area contributed by atoms with Crippen molar-refractivity contribution in [3.63, 3.8) is 0 Å². The van der Waals surface area contributed by atoms with Gasteiger partial charge in [-0.3, -0.25) is 9.52 Å². The Hall–Kier alpha value is -2.12. The molecule has 1 amide bonds. The number of ether oxygens (including phenoxy) is 1. The molecule has 33 heavy (non-hydrogen) atoms. The Labute approximate surface area is 205 Å². The lowest BCUT2D eigenvalue weighted by atomic mass is 10.2. The highest BCUT2D eigenvalue weighted by molar-refractivity contribution is 8.00. The molecule has 2 heterocycles. The van der Waals surface area contributed by atoms with Crippen molar-refractivity contribution in [3.8, 4) is 0 Å². The number of carbonyl (C=O) groups is 1. The molecule has 1 fully saturated rings. The molecule has 2 aromatic carbocycles. The lowest BCUT2D eigenvalue weighted by Crippen LogP contribution is -2.40. The minimum atomic E-state index is -3.93. The first-order valence-corrected chi connectivity index (χ1v) is 14.6. The first-order chi connectivity index (χ1) is 16.0. The van der Waals surface area contributed by atoms with Crippen LogP contribution in [0.5, 0.6) is 0 Å². The monoisotopic (exact) mass is 522 g/mol. The summed E-state index contributed by atoms with van der Waals surface area (Å²) in [5, 5.41) is 8.22. The van der Waals surface area contributed by atoms with Crippen LogP contribution in [0.25, 0.3) is 0 Å². The van der Waals surface area contributed by atoms with Crippen LogP contribution in [-0.4, -0.2) is 62.0 Å². The summed E-state index contributed by atoms with van der Waals surface area (Å²) in [7, 11) is -3.93. The number of morpholine rings is 1. The molecule has 0 saturated carbocycles. The average molecular weight is 523 g/mol. The number of anilines is 1. The van der Waals surface area contributed by atoms with E-state index in [1.54, 1.807) is 11.0 Å². The number of benzene rings is 2. The van der Waals surface area contributed by atoms with Crippen molar-refractivity contribution >= 4 is 55.9 Å². The van der Waals surface area contributed by atoms with Crippen molar-refractivity contribution in [1.82, 2.24) is 15.1 Å². The van der Waals surface area contributed by atoms with Crippen LogP contribution in [-0.2, 0) is 20.5 Å². The third-order valence-electron chi connectivity index (χ3n) is 4.84. The molecule has 4 rings (SSSR count). The number of sulfonamides is 1. The molecule has 1 aromatic heterocycles. The Kier molecular flexibility index (Phi) is 7.91. The second-order valence-corrected chi connectivity index (χ2v) is 11.8. The molecule has 0 unspecified atom stereocenters. The summed E-state index contributed by atoms with van der Waals surface area (Å²) in [4.78, 5) is 15.4. The second kappa shape index (κ2) is 10.9. The zero-order valence-corrected chi connectivity index (χ0v) is 21.0. The highest BCUT2D eigenvalue weighted by Gasteiger charge is 2.24. The van der Waals surface area contributed by atoms with Gasteiger partial charge in [0.25, 0.3) is 15.9 Å². The molecule has 1 aliphatic heterocycles. The van der Waals surface area contributed by atoms with Crippen molar-refractivity contribution in [3.05, 3.63) is 59.7 Å². The van der Waals surface area contributed by atoms with E-state index in [-0.39, 0.29) is 15.9 Å². The van der Waals surface area contributed by atoms with Gasteiger partial charge in [0.2, 0.25) is 5.13 Å². The standard InChI is InChI=1S/C21H22N4O4S4/c1-30-18-8-7-16(13-17(18)19(26)25-9-11-29-12-10-25)33(27,28)24-20-22-23-21(32-20)31-14-15-5-3-2-4-6-15/h2-8,13H,9-12,14H2,1H3,(H,22,24). The smallest absolute Gasteiger partial charge is 0.263 e. The molecule has 1 saturated heterocycles. The molecule has 1 aliphatic rings. The predicted octanol–water partition coefficient (Wildman–Crippen LogP) is 3.83.